The van der Waals surface area contributed by atoms with Crippen molar-refractivity contribution in [1.82, 2.24) is 19.9 Å². The van der Waals surface area contributed by atoms with Gasteiger partial charge >= 0.3 is 0 Å². The topological polar surface area (TPSA) is 74.6 Å². The second-order valence-corrected chi connectivity index (χ2v) is 8.63. The van der Waals surface area contributed by atoms with Crippen LogP contribution in [-0.4, -0.2) is 46.7 Å². The number of aromatic nitrogens is 3. The summed E-state index contributed by atoms with van der Waals surface area (Å²) in [6.45, 7) is 8.03. The van der Waals surface area contributed by atoms with Crippen LogP contribution in [0.25, 0.3) is 16.8 Å². The van der Waals surface area contributed by atoms with Crippen molar-refractivity contribution in [3.05, 3.63) is 78.2 Å². The predicted octanol–water partition coefficient (Wildman–Crippen LogP) is 4.18. The summed E-state index contributed by atoms with van der Waals surface area (Å²) >= 11 is 0. The van der Waals surface area contributed by atoms with Gasteiger partial charge in [0, 0.05) is 37.9 Å². The van der Waals surface area contributed by atoms with Gasteiger partial charge in [0.15, 0.2) is 5.65 Å². The molecule has 4 aromatic rings. The molecular weight excluding hydrogens is 412 g/mol. The number of hydrogen-bond donors (Lipinski definition) is 2. The first-order chi connectivity index (χ1) is 16.1. The Bertz CT molecular complexity index is 1290. The van der Waals surface area contributed by atoms with Crippen LogP contribution in [0.1, 0.15) is 35.8 Å². The highest BCUT2D eigenvalue weighted by Crippen LogP contribution is 2.28. The van der Waals surface area contributed by atoms with Crippen molar-refractivity contribution < 1.29 is 4.79 Å². The summed E-state index contributed by atoms with van der Waals surface area (Å²) in [5, 5.41) is 10.9. The molecule has 168 valence electrons. The molecule has 1 fully saturated rings. The van der Waals surface area contributed by atoms with E-state index in [1.807, 2.05) is 30.5 Å². The maximum Gasteiger partial charge on any atom is 0.274 e. The highest BCUT2D eigenvalue weighted by molar-refractivity contribution is 6.05. The van der Waals surface area contributed by atoms with Gasteiger partial charge in [0.2, 0.25) is 0 Å². The van der Waals surface area contributed by atoms with Crippen LogP contribution in [0.4, 0.5) is 11.4 Å². The molecule has 7 nitrogen and oxygen atoms in total. The predicted molar refractivity (Wildman–Crippen MR) is 132 cm³/mol. The lowest BCUT2D eigenvalue weighted by Gasteiger charge is -2.31. The number of nitrogens with zero attached hydrogens (tertiary/aromatic N) is 4. The van der Waals surface area contributed by atoms with Crippen molar-refractivity contribution in [3.8, 4) is 11.1 Å². The van der Waals surface area contributed by atoms with E-state index in [2.05, 4.69) is 63.7 Å². The molecule has 0 atom stereocenters. The van der Waals surface area contributed by atoms with Crippen LogP contribution < -0.4 is 15.5 Å². The molecule has 1 aliphatic rings. The summed E-state index contributed by atoms with van der Waals surface area (Å²) in [6, 6.07) is 18.0. The average Bonchev–Trinajstić information content (AvgIpc) is 3.28. The highest BCUT2D eigenvalue weighted by Gasteiger charge is 2.18. The Morgan fingerprint density at radius 2 is 1.88 bits per heavy atom. The average molecular weight is 441 g/mol. The van der Waals surface area contributed by atoms with Crippen molar-refractivity contribution in [2.45, 2.75) is 19.8 Å². The summed E-state index contributed by atoms with van der Waals surface area (Å²) in [7, 11) is 0. The number of carbonyl (C=O) groups is 1. The quantitative estimate of drug-likeness (QED) is 0.487. The van der Waals surface area contributed by atoms with E-state index in [0.717, 1.165) is 48.7 Å². The zero-order valence-electron chi connectivity index (χ0n) is 19.0. The third kappa shape index (κ3) is 4.32. The Morgan fingerprint density at radius 3 is 2.70 bits per heavy atom. The monoisotopic (exact) mass is 440 g/mol. The molecule has 2 N–H and O–H groups in total. The smallest absolute Gasteiger partial charge is 0.274 e. The van der Waals surface area contributed by atoms with E-state index >= 15 is 0 Å². The van der Waals surface area contributed by atoms with Crippen LogP contribution in [-0.2, 0) is 0 Å². The van der Waals surface area contributed by atoms with Crippen LogP contribution in [0.5, 0.6) is 0 Å². The van der Waals surface area contributed by atoms with Gasteiger partial charge in [0.25, 0.3) is 5.91 Å². The maximum absolute atomic E-state index is 13.2. The molecule has 1 aliphatic heterocycles. The lowest BCUT2D eigenvalue weighted by atomic mass is 9.99. The number of nitrogens with one attached hydrogen (secondary N) is 2. The summed E-state index contributed by atoms with van der Waals surface area (Å²) in [5.74, 6) is 0.194. The first-order valence-corrected chi connectivity index (χ1v) is 11.4. The number of fused-ring (bicyclic) bond motifs is 1. The molecule has 2 aromatic carbocycles. The first kappa shape index (κ1) is 21.2. The molecule has 0 spiro atoms. The van der Waals surface area contributed by atoms with Crippen molar-refractivity contribution >= 4 is 22.9 Å². The Morgan fingerprint density at radius 1 is 1.06 bits per heavy atom. The molecule has 1 amide bonds. The summed E-state index contributed by atoms with van der Waals surface area (Å²) in [5.41, 5.74) is 6.07. The Hall–Kier alpha value is -3.71. The lowest BCUT2D eigenvalue weighted by molar-refractivity contribution is 0.102. The standard InChI is InChI=1S/C26H28N6O/c1-18(2)19-6-5-7-20(16-19)21-17-28-32-13-10-23(29-25(21)32)26(33)30-22-8-3-4-9-24(22)31-14-11-27-12-15-31/h3-10,13,16-18,27H,11-12,14-15H2,1-2H3,(H,30,33). The zero-order chi connectivity index (χ0) is 22.8. The number of amides is 1. The second-order valence-electron chi connectivity index (χ2n) is 8.63. The van der Waals surface area contributed by atoms with Crippen molar-refractivity contribution in [2.24, 2.45) is 0 Å². The van der Waals surface area contributed by atoms with Gasteiger partial charge in [-0.25, -0.2) is 9.50 Å². The van der Waals surface area contributed by atoms with Gasteiger partial charge < -0.3 is 15.5 Å². The minimum atomic E-state index is -0.233. The van der Waals surface area contributed by atoms with Gasteiger partial charge in [-0.1, -0.05) is 50.2 Å². The summed E-state index contributed by atoms with van der Waals surface area (Å²) in [6.07, 6.45) is 3.60. The second kappa shape index (κ2) is 9.03. The molecule has 1 saturated heterocycles. The molecule has 0 bridgehead atoms. The van der Waals surface area contributed by atoms with Gasteiger partial charge in [-0.2, -0.15) is 5.10 Å². The fourth-order valence-corrected chi connectivity index (χ4v) is 4.21. The van der Waals surface area contributed by atoms with Gasteiger partial charge in [-0.15, -0.1) is 0 Å². The number of anilines is 2. The van der Waals surface area contributed by atoms with E-state index in [-0.39, 0.29) is 5.91 Å². The van der Waals surface area contributed by atoms with Crippen LogP contribution in [0.3, 0.4) is 0 Å². The number of benzene rings is 2. The van der Waals surface area contributed by atoms with Crippen molar-refractivity contribution in [3.63, 3.8) is 0 Å². The third-order valence-electron chi connectivity index (χ3n) is 6.08. The van der Waals surface area contributed by atoms with E-state index in [0.29, 0.717) is 17.3 Å². The van der Waals surface area contributed by atoms with Gasteiger partial charge in [-0.05, 0) is 35.2 Å². The number of carbonyl (C=O) groups excluding carboxylic acids is 1. The highest BCUT2D eigenvalue weighted by atomic mass is 16.1. The van der Waals surface area contributed by atoms with Crippen LogP contribution in [0, 0.1) is 0 Å². The number of piperazine rings is 1. The van der Waals surface area contributed by atoms with E-state index in [9.17, 15) is 4.79 Å². The van der Waals surface area contributed by atoms with E-state index in [1.54, 1.807) is 16.8 Å². The molecule has 0 aliphatic carbocycles. The van der Waals surface area contributed by atoms with Gasteiger partial charge in [-0.3, -0.25) is 4.79 Å². The van der Waals surface area contributed by atoms with Crippen molar-refractivity contribution in [1.29, 1.82) is 0 Å². The lowest BCUT2D eigenvalue weighted by Crippen LogP contribution is -2.43. The molecule has 3 heterocycles. The molecule has 33 heavy (non-hydrogen) atoms. The SMILES string of the molecule is CC(C)c1cccc(-c2cnn3ccc(C(=O)Nc4ccccc4N4CCNCC4)nc23)c1. The third-order valence-corrected chi connectivity index (χ3v) is 6.08. The molecule has 5 rings (SSSR count). The first-order valence-electron chi connectivity index (χ1n) is 11.4. The van der Waals surface area contributed by atoms with Crippen LogP contribution >= 0.6 is 0 Å². The fourth-order valence-electron chi connectivity index (χ4n) is 4.21. The Kier molecular flexibility index (Phi) is 5.79. The molecule has 7 heteroatoms. The Labute approximate surface area is 193 Å². The number of rotatable bonds is 5. The normalized spacial score (nSPS) is 14.1. The molecule has 0 radical (unpaired) electrons. The molecule has 2 aromatic heterocycles. The van der Waals surface area contributed by atoms with Gasteiger partial charge in [0.1, 0.15) is 5.69 Å². The minimum absolute atomic E-state index is 0.233. The summed E-state index contributed by atoms with van der Waals surface area (Å²) in [4.78, 5) is 20.2. The van der Waals surface area contributed by atoms with Crippen LogP contribution in [0.15, 0.2) is 67.0 Å². The fraction of sp³-hybridized carbons (Fsp3) is 0.269. The zero-order valence-corrected chi connectivity index (χ0v) is 19.0. The van der Waals surface area contributed by atoms with Crippen LogP contribution in [0.2, 0.25) is 0 Å². The summed E-state index contributed by atoms with van der Waals surface area (Å²) < 4.78 is 1.71. The van der Waals surface area contributed by atoms with Crippen molar-refractivity contribution in [2.75, 3.05) is 36.4 Å². The number of hydrogen-bond acceptors (Lipinski definition) is 5. The molecule has 0 unspecified atom stereocenters. The van der Waals surface area contributed by atoms with Gasteiger partial charge in [0.05, 0.1) is 17.6 Å². The van der Waals surface area contributed by atoms with E-state index < -0.39 is 0 Å². The van der Waals surface area contributed by atoms with E-state index in [1.165, 1.54) is 5.56 Å². The number of para-hydroxylation sites is 2. The van der Waals surface area contributed by atoms with E-state index in [4.69, 9.17) is 0 Å². The largest absolute Gasteiger partial charge is 0.367 e. The minimum Gasteiger partial charge on any atom is -0.367 e. The Balaban J connectivity index is 1.45. The maximum atomic E-state index is 13.2. The molecular formula is C26H28N6O. The molecule has 0 saturated carbocycles.